The molecule has 0 bridgehead atoms. The normalized spacial score (nSPS) is 18.9. The van der Waals surface area contributed by atoms with Gasteiger partial charge in [-0.25, -0.2) is 4.99 Å². The van der Waals surface area contributed by atoms with Gasteiger partial charge < -0.3 is 19.9 Å². The van der Waals surface area contributed by atoms with Crippen LogP contribution >= 0.6 is 24.0 Å². The molecule has 6 nitrogen and oxygen atoms in total. The molecule has 0 aliphatic carbocycles. The molecule has 0 saturated carbocycles. The van der Waals surface area contributed by atoms with Crippen molar-refractivity contribution in [1.29, 1.82) is 0 Å². The third kappa shape index (κ3) is 8.80. The van der Waals surface area contributed by atoms with Gasteiger partial charge in [0.05, 0.1) is 6.54 Å². The summed E-state index contributed by atoms with van der Waals surface area (Å²) in [6, 6.07) is 8.83. The SMILES string of the molecule is CCNC(=NCc1ccccc1CN1CCN(CC)CC1)N(C)CCC1CCOCC1.I. The fourth-order valence-corrected chi connectivity index (χ4v) is 4.52. The van der Waals surface area contributed by atoms with Gasteiger partial charge in [0.2, 0.25) is 0 Å². The van der Waals surface area contributed by atoms with Crippen LogP contribution in [0, 0.1) is 5.92 Å². The number of aliphatic imine (C=N–C) groups is 1. The van der Waals surface area contributed by atoms with E-state index < -0.39 is 0 Å². The van der Waals surface area contributed by atoms with Crippen molar-refractivity contribution < 1.29 is 4.74 Å². The fourth-order valence-electron chi connectivity index (χ4n) is 4.52. The predicted octanol–water partition coefficient (Wildman–Crippen LogP) is 3.66. The molecule has 0 atom stereocenters. The van der Waals surface area contributed by atoms with Crippen LogP contribution in [0.3, 0.4) is 0 Å². The van der Waals surface area contributed by atoms with Crippen LogP contribution < -0.4 is 5.32 Å². The maximum Gasteiger partial charge on any atom is 0.193 e. The van der Waals surface area contributed by atoms with Crippen molar-refractivity contribution in [3.63, 3.8) is 0 Å². The van der Waals surface area contributed by atoms with Crippen molar-refractivity contribution in [3.8, 4) is 0 Å². The van der Waals surface area contributed by atoms with E-state index in [-0.39, 0.29) is 24.0 Å². The molecule has 2 fully saturated rings. The first kappa shape index (κ1) is 27.3. The first-order chi connectivity index (χ1) is 15.2. The topological polar surface area (TPSA) is 43.3 Å². The molecule has 182 valence electrons. The Labute approximate surface area is 212 Å². The lowest BCUT2D eigenvalue weighted by molar-refractivity contribution is 0.0625. The number of hydrogen-bond acceptors (Lipinski definition) is 4. The van der Waals surface area contributed by atoms with E-state index in [2.05, 4.69) is 65.2 Å². The molecule has 1 N–H and O–H groups in total. The van der Waals surface area contributed by atoms with E-state index in [1.54, 1.807) is 0 Å². The second-order valence-electron chi connectivity index (χ2n) is 8.92. The van der Waals surface area contributed by atoms with Crippen molar-refractivity contribution in [2.75, 3.05) is 66.1 Å². The number of nitrogens with one attached hydrogen (secondary N) is 1. The van der Waals surface area contributed by atoms with Crippen LogP contribution in [-0.2, 0) is 17.8 Å². The summed E-state index contributed by atoms with van der Waals surface area (Å²) in [5.74, 6) is 1.80. The van der Waals surface area contributed by atoms with E-state index in [4.69, 9.17) is 9.73 Å². The van der Waals surface area contributed by atoms with E-state index >= 15 is 0 Å². The molecular formula is C25H44IN5O. The molecular weight excluding hydrogens is 513 g/mol. The number of likely N-dealkylation sites (N-methyl/N-ethyl adjacent to an activating group) is 1. The van der Waals surface area contributed by atoms with Crippen LogP contribution in [0.2, 0.25) is 0 Å². The summed E-state index contributed by atoms with van der Waals surface area (Å²) >= 11 is 0. The lowest BCUT2D eigenvalue weighted by atomic mass is 9.96. The molecule has 2 saturated heterocycles. The number of piperazine rings is 1. The monoisotopic (exact) mass is 557 g/mol. The second kappa shape index (κ2) is 15.1. The molecule has 2 aliphatic heterocycles. The Morgan fingerprint density at radius 1 is 1.06 bits per heavy atom. The predicted molar refractivity (Wildman–Crippen MR) is 145 cm³/mol. The Morgan fingerprint density at radius 2 is 1.72 bits per heavy atom. The highest BCUT2D eigenvalue weighted by atomic mass is 127. The Bertz CT molecular complexity index is 672. The molecule has 0 unspecified atom stereocenters. The van der Waals surface area contributed by atoms with Crippen molar-refractivity contribution in [2.45, 2.75) is 46.2 Å². The third-order valence-electron chi connectivity index (χ3n) is 6.73. The first-order valence-electron chi connectivity index (χ1n) is 12.3. The van der Waals surface area contributed by atoms with Crippen molar-refractivity contribution in [3.05, 3.63) is 35.4 Å². The quantitative estimate of drug-likeness (QED) is 0.285. The molecule has 2 heterocycles. The van der Waals surface area contributed by atoms with Gasteiger partial charge >= 0.3 is 0 Å². The zero-order valence-electron chi connectivity index (χ0n) is 20.4. The average molecular weight is 558 g/mol. The number of nitrogens with zero attached hydrogens (tertiary/aromatic N) is 4. The number of benzene rings is 1. The molecule has 3 rings (SSSR count). The standard InChI is InChI=1S/C25H43N5O.HI/c1-4-26-25(28(3)13-10-22-11-18-31-19-12-22)27-20-23-8-6-7-9-24(23)21-30-16-14-29(5-2)15-17-30;/h6-9,22H,4-5,10-21H2,1-3H3,(H,26,27);1H. The molecule has 7 heteroatoms. The molecule has 0 spiro atoms. The zero-order chi connectivity index (χ0) is 21.9. The highest BCUT2D eigenvalue weighted by molar-refractivity contribution is 14.0. The molecule has 32 heavy (non-hydrogen) atoms. The van der Waals surface area contributed by atoms with Gasteiger partial charge in [-0.1, -0.05) is 31.2 Å². The summed E-state index contributed by atoms with van der Waals surface area (Å²) in [4.78, 5) is 12.4. The van der Waals surface area contributed by atoms with Crippen molar-refractivity contribution in [1.82, 2.24) is 20.0 Å². The van der Waals surface area contributed by atoms with E-state index in [0.29, 0.717) is 0 Å². The first-order valence-corrected chi connectivity index (χ1v) is 12.3. The van der Waals surface area contributed by atoms with E-state index in [0.717, 1.165) is 70.9 Å². The lowest BCUT2D eigenvalue weighted by Gasteiger charge is -2.34. The van der Waals surface area contributed by atoms with Gasteiger partial charge in [-0.2, -0.15) is 0 Å². The summed E-state index contributed by atoms with van der Waals surface area (Å²) in [5, 5.41) is 3.49. The van der Waals surface area contributed by atoms with Gasteiger partial charge in [-0.05, 0) is 49.8 Å². The van der Waals surface area contributed by atoms with Gasteiger partial charge in [-0.3, -0.25) is 4.90 Å². The van der Waals surface area contributed by atoms with Gasteiger partial charge in [0.1, 0.15) is 0 Å². The molecule has 0 radical (unpaired) electrons. The molecule has 0 aromatic heterocycles. The fraction of sp³-hybridized carbons (Fsp3) is 0.720. The van der Waals surface area contributed by atoms with Crippen LogP contribution in [0.1, 0.15) is 44.2 Å². The van der Waals surface area contributed by atoms with Gasteiger partial charge in [-0.15, -0.1) is 24.0 Å². The van der Waals surface area contributed by atoms with Gasteiger partial charge in [0.15, 0.2) is 5.96 Å². The van der Waals surface area contributed by atoms with Crippen LogP contribution in [0.4, 0.5) is 0 Å². The van der Waals surface area contributed by atoms with Gasteiger partial charge in [0.25, 0.3) is 0 Å². The minimum absolute atomic E-state index is 0. The maximum atomic E-state index is 5.50. The van der Waals surface area contributed by atoms with E-state index in [9.17, 15) is 0 Å². The molecule has 0 amide bonds. The van der Waals surface area contributed by atoms with Gasteiger partial charge in [0, 0.05) is 66.1 Å². The number of guanidine groups is 1. The highest BCUT2D eigenvalue weighted by Gasteiger charge is 2.17. The smallest absolute Gasteiger partial charge is 0.193 e. The third-order valence-corrected chi connectivity index (χ3v) is 6.73. The van der Waals surface area contributed by atoms with Crippen LogP contribution in [0.5, 0.6) is 0 Å². The number of hydrogen-bond donors (Lipinski definition) is 1. The van der Waals surface area contributed by atoms with Crippen LogP contribution in [0.15, 0.2) is 29.3 Å². The van der Waals surface area contributed by atoms with E-state index in [1.165, 1.54) is 43.5 Å². The summed E-state index contributed by atoms with van der Waals surface area (Å²) in [6.07, 6.45) is 3.60. The molecule has 1 aromatic rings. The lowest BCUT2D eigenvalue weighted by Crippen LogP contribution is -2.45. The maximum absolute atomic E-state index is 5.50. The zero-order valence-corrected chi connectivity index (χ0v) is 22.7. The summed E-state index contributed by atoms with van der Waals surface area (Å²) < 4.78 is 5.50. The minimum Gasteiger partial charge on any atom is -0.381 e. The Hall–Kier alpha value is -0.900. The van der Waals surface area contributed by atoms with E-state index in [1.807, 2.05) is 0 Å². The minimum atomic E-state index is 0. The Balaban J connectivity index is 0.00000363. The molecule has 2 aliphatic rings. The number of rotatable bonds is 9. The summed E-state index contributed by atoms with van der Waals surface area (Å²) in [5.41, 5.74) is 2.76. The van der Waals surface area contributed by atoms with Crippen molar-refractivity contribution in [2.24, 2.45) is 10.9 Å². The number of ether oxygens (including phenoxy) is 1. The Morgan fingerprint density at radius 3 is 2.38 bits per heavy atom. The van der Waals surface area contributed by atoms with Crippen LogP contribution in [-0.4, -0.2) is 86.7 Å². The highest BCUT2D eigenvalue weighted by Crippen LogP contribution is 2.19. The summed E-state index contributed by atoms with van der Waals surface area (Å²) in [7, 11) is 2.17. The Kier molecular flexibility index (Phi) is 12.9. The largest absolute Gasteiger partial charge is 0.381 e. The number of halogens is 1. The second-order valence-corrected chi connectivity index (χ2v) is 8.92. The summed E-state index contributed by atoms with van der Waals surface area (Å²) in [6.45, 7) is 15.8. The van der Waals surface area contributed by atoms with Crippen LogP contribution in [0.25, 0.3) is 0 Å². The van der Waals surface area contributed by atoms with Crippen molar-refractivity contribution >= 4 is 29.9 Å². The molecule has 1 aromatic carbocycles. The average Bonchev–Trinajstić information content (AvgIpc) is 2.82.